The number of morpholine rings is 1. The lowest BCUT2D eigenvalue weighted by molar-refractivity contribution is 0.0327. The van der Waals surface area contributed by atoms with E-state index < -0.39 is 0 Å². The van der Waals surface area contributed by atoms with Crippen LogP contribution >= 0.6 is 11.8 Å². The van der Waals surface area contributed by atoms with Gasteiger partial charge in [0.25, 0.3) is 0 Å². The molecule has 31 heavy (non-hydrogen) atoms. The fraction of sp³-hybridized carbons (Fsp3) is 0.391. The van der Waals surface area contributed by atoms with Crippen molar-refractivity contribution in [2.45, 2.75) is 17.7 Å². The smallest absolute Gasteiger partial charge is 0.168 e. The summed E-state index contributed by atoms with van der Waals surface area (Å²) >= 11 is 1.84. The first-order valence-corrected chi connectivity index (χ1v) is 11.6. The molecule has 8 heteroatoms. The summed E-state index contributed by atoms with van der Waals surface area (Å²) in [7, 11) is 1.68. The topological polar surface area (TPSA) is 64.4 Å². The van der Waals surface area contributed by atoms with E-state index in [0.29, 0.717) is 12.6 Å². The lowest BCUT2D eigenvalue weighted by Gasteiger charge is -2.29. The number of thioether (sulfide) groups is 1. The third-order valence-corrected chi connectivity index (χ3v) is 6.88. The van der Waals surface area contributed by atoms with Gasteiger partial charge in [-0.15, -0.1) is 0 Å². The van der Waals surface area contributed by atoms with Gasteiger partial charge in [0, 0.05) is 49.9 Å². The number of hydrogen-bond donors (Lipinski definition) is 1. The summed E-state index contributed by atoms with van der Waals surface area (Å²) < 4.78 is 13.1. The van der Waals surface area contributed by atoms with Crippen molar-refractivity contribution in [1.82, 2.24) is 19.4 Å². The zero-order valence-corrected chi connectivity index (χ0v) is 18.5. The van der Waals surface area contributed by atoms with E-state index in [1.807, 2.05) is 36.2 Å². The summed E-state index contributed by atoms with van der Waals surface area (Å²) in [6, 6.07) is 12.6. The summed E-state index contributed by atoms with van der Waals surface area (Å²) in [6.45, 7) is 5.44. The number of nitrogens with zero attached hydrogens (tertiary/aromatic N) is 4. The molecule has 0 radical (unpaired) electrons. The Kier molecular flexibility index (Phi) is 6.11. The van der Waals surface area contributed by atoms with Gasteiger partial charge in [0.1, 0.15) is 11.6 Å². The Morgan fingerprint density at radius 1 is 1.19 bits per heavy atom. The SMILES string of the molecule is COc1ccc(CNc2ncccc2-c2cn3c(n2)SCC3CN2CCOCC2)cc1. The van der Waals surface area contributed by atoms with E-state index in [0.717, 1.165) is 66.6 Å². The molecule has 4 heterocycles. The van der Waals surface area contributed by atoms with Crippen molar-refractivity contribution in [2.24, 2.45) is 0 Å². The van der Waals surface area contributed by atoms with Gasteiger partial charge in [-0.05, 0) is 29.8 Å². The van der Waals surface area contributed by atoms with Crippen LogP contribution < -0.4 is 10.1 Å². The van der Waals surface area contributed by atoms with Gasteiger partial charge in [-0.2, -0.15) is 0 Å². The van der Waals surface area contributed by atoms with Crippen LogP contribution in [0.3, 0.4) is 0 Å². The van der Waals surface area contributed by atoms with E-state index in [4.69, 9.17) is 14.5 Å². The number of methoxy groups -OCH3 is 1. The molecule has 7 nitrogen and oxygen atoms in total. The van der Waals surface area contributed by atoms with Crippen molar-refractivity contribution in [3.8, 4) is 17.0 Å². The van der Waals surface area contributed by atoms with Crippen molar-refractivity contribution in [2.75, 3.05) is 51.0 Å². The van der Waals surface area contributed by atoms with E-state index in [1.54, 1.807) is 7.11 Å². The number of ether oxygens (including phenoxy) is 2. The molecule has 5 rings (SSSR count). The highest BCUT2D eigenvalue weighted by Gasteiger charge is 2.28. The number of anilines is 1. The summed E-state index contributed by atoms with van der Waals surface area (Å²) in [4.78, 5) is 12.0. The first-order valence-electron chi connectivity index (χ1n) is 10.6. The minimum absolute atomic E-state index is 0.451. The molecule has 1 unspecified atom stereocenters. The monoisotopic (exact) mass is 437 g/mol. The number of rotatable bonds is 7. The molecule has 2 aliphatic heterocycles. The number of pyridine rings is 1. The number of benzene rings is 1. The minimum Gasteiger partial charge on any atom is -0.497 e. The van der Waals surface area contributed by atoms with Gasteiger partial charge in [-0.1, -0.05) is 23.9 Å². The van der Waals surface area contributed by atoms with E-state index in [2.05, 4.69) is 44.2 Å². The molecule has 162 valence electrons. The van der Waals surface area contributed by atoms with E-state index in [1.165, 1.54) is 5.56 Å². The van der Waals surface area contributed by atoms with Crippen LogP contribution in [0.25, 0.3) is 11.3 Å². The number of fused-ring (bicyclic) bond motifs is 1. The predicted octanol–water partition coefficient (Wildman–Crippen LogP) is 3.54. The Morgan fingerprint density at radius 2 is 2.03 bits per heavy atom. The van der Waals surface area contributed by atoms with Crippen molar-refractivity contribution >= 4 is 17.6 Å². The maximum Gasteiger partial charge on any atom is 0.168 e. The second kappa shape index (κ2) is 9.30. The molecular weight excluding hydrogens is 410 g/mol. The average Bonchev–Trinajstić information content (AvgIpc) is 3.41. The number of hydrogen-bond acceptors (Lipinski definition) is 7. The zero-order valence-electron chi connectivity index (χ0n) is 17.7. The van der Waals surface area contributed by atoms with Crippen molar-refractivity contribution in [1.29, 1.82) is 0 Å². The van der Waals surface area contributed by atoms with Gasteiger partial charge < -0.3 is 19.4 Å². The Bertz CT molecular complexity index is 1020. The Balaban J connectivity index is 1.31. The number of imidazole rings is 1. The van der Waals surface area contributed by atoms with E-state index in [-0.39, 0.29) is 0 Å². The maximum absolute atomic E-state index is 5.49. The quantitative estimate of drug-likeness (QED) is 0.606. The first-order chi connectivity index (χ1) is 15.3. The fourth-order valence-electron chi connectivity index (χ4n) is 4.03. The number of aromatic nitrogens is 3. The summed E-state index contributed by atoms with van der Waals surface area (Å²) in [5.74, 6) is 2.79. The van der Waals surface area contributed by atoms with Crippen LogP contribution in [0.2, 0.25) is 0 Å². The van der Waals surface area contributed by atoms with Crippen molar-refractivity contribution in [3.63, 3.8) is 0 Å². The molecule has 0 saturated carbocycles. The van der Waals surface area contributed by atoms with Gasteiger partial charge in [0.2, 0.25) is 0 Å². The molecule has 0 aliphatic carbocycles. The van der Waals surface area contributed by atoms with Crippen molar-refractivity contribution < 1.29 is 9.47 Å². The molecule has 0 amide bonds. The van der Waals surface area contributed by atoms with Gasteiger partial charge >= 0.3 is 0 Å². The first kappa shape index (κ1) is 20.4. The molecule has 0 spiro atoms. The molecule has 2 aliphatic rings. The van der Waals surface area contributed by atoms with Gasteiger partial charge in [-0.3, -0.25) is 4.90 Å². The Labute approximate surface area is 186 Å². The second-order valence-corrected chi connectivity index (χ2v) is 8.78. The molecule has 3 aromatic rings. The van der Waals surface area contributed by atoms with Crippen LogP contribution in [0.15, 0.2) is 53.9 Å². The van der Waals surface area contributed by atoms with E-state index in [9.17, 15) is 0 Å². The summed E-state index contributed by atoms with van der Waals surface area (Å²) in [5, 5.41) is 4.57. The van der Waals surface area contributed by atoms with E-state index >= 15 is 0 Å². The Hall–Kier alpha value is -2.55. The van der Waals surface area contributed by atoms with Crippen LogP contribution in [0.1, 0.15) is 11.6 Å². The highest BCUT2D eigenvalue weighted by Crippen LogP contribution is 2.37. The normalized spacial score (nSPS) is 18.7. The molecule has 0 bridgehead atoms. The predicted molar refractivity (Wildman–Crippen MR) is 123 cm³/mol. The molecule has 1 aromatic carbocycles. The number of nitrogens with one attached hydrogen (secondary N) is 1. The maximum atomic E-state index is 5.49. The zero-order chi connectivity index (χ0) is 21.0. The third-order valence-electron chi connectivity index (χ3n) is 5.77. The van der Waals surface area contributed by atoms with Gasteiger partial charge in [0.05, 0.1) is 32.1 Å². The largest absolute Gasteiger partial charge is 0.497 e. The van der Waals surface area contributed by atoms with Crippen LogP contribution in [0, 0.1) is 0 Å². The third kappa shape index (κ3) is 4.56. The van der Waals surface area contributed by atoms with Crippen LogP contribution in [0.4, 0.5) is 5.82 Å². The highest BCUT2D eigenvalue weighted by atomic mass is 32.2. The van der Waals surface area contributed by atoms with Crippen LogP contribution in [0.5, 0.6) is 5.75 Å². The molecule has 1 N–H and O–H groups in total. The van der Waals surface area contributed by atoms with Crippen LogP contribution in [-0.2, 0) is 11.3 Å². The fourth-order valence-corrected chi connectivity index (χ4v) is 5.15. The summed E-state index contributed by atoms with van der Waals surface area (Å²) in [5.41, 5.74) is 3.18. The summed E-state index contributed by atoms with van der Waals surface area (Å²) in [6.07, 6.45) is 4.01. The average molecular weight is 438 g/mol. The van der Waals surface area contributed by atoms with Gasteiger partial charge in [-0.25, -0.2) is 9.97 Å². The lowest BCUT2D eigenvalue weighted by atomic mass is 10.2. The molecule has 1 fully saturated rings. The second-order valence-electron chi connectivity index (χ2n) is 7.79. The van der Waals surface area contributed by atoms with Gasteiger partial charge in [0.15, 0.2) is 5.16 Å². The molecular formula is C23H27N5O2S. The van der Waals surface area contributed by atoms with Crippen molar-refractivity contribution in [3.05, 3.63) is 54.4 Å². The van der Waals surface area contributed by atoms with Crippen LogP contribution in [-0.4, -0.2) is 65.1 Å². The minimum atomic E-state index is 0.451. The molecule has 2 aromatic heterocycles. The lowest BCUT2D eigenvalue weighted by Crippen LogP contribution is -2.39. The highest BCUT2D eigenvalue weighted by molar-refractivity contribution is 7.99. The standard InChI is InChI=1S/C23H27N5O2S/c1-29-19-6-4-17(5-7-19)13-25-22-20(3-2-8-24-22)21-15-28-18(16-31-23(28)26-21)14-27-9-11-30-12-10-27/h2-8,15,18H,9-14,16H2,1H3,(H,24,25). The Morgan fingerprint density at radius 3 is 2.84 bits per heavy atom. The molecule has 1 saturated heterocycles. The molecule has 1 atom stereocenters.